The van der Waals surface area contributed by atoms with Crippen molar-refractivity contribution >= 4 is 12.0 Å². The average Bonchev–Trinajstić information content (AvgIpc) is 2.86. The van der Waals surface area contributed by atoms with E-state index in [1.807, 2.05) is 0 Å². The molecule has 1 fully saturated rings. The molecule has 0 aromatic heterocycles. The predicted octanol–water partition coefficient (Wildman–Crippen LogP) is 2.71. The van der Waals surface area contributed by atoms with Crippen LogP contribution in [0.15, 0.2) is 0 Å². The number of aliphatic carboxylic acids is 1. The summed E-state index contributed by atoms with van der Waals surface area (Å²) in [5.74, 6) is -1.21. The van der Waals surface area contributed by atoms with Crippen LogP contribution in [0.3, 0.4) is 0 Å². The van der Waals surface area contributed by atoms with E-state index in [0.29, 0.717) is 24.2 Å². The fraction of sp³-hybridized carbons (Fsp3) is 0.846. The normalized spacial score (nSPS) is 16.0. The van der Waals surface area contributed by atoms with Gasteiger partial charge in [-0.1, -0.05) is 19.8 Å². The zero-order chi connectivity index (χ0) is 16.0. The summed E-state index contributed by atoms with van der Waals surface area (Å²) in [6.07, 6.45) is -1.10. The van der Waals surface area contributed by atoms with Crippen molar-refractivity contribution in [1.82, 2.24) is 9.80 Å². The Morgan fingerprint density at radius 1 is 1.24 bits per heavy atom. The van der Waals surface area contributed by atoms with E-state index in [0.717, 1.165) is 17.7 Å². The lowest BCUT2D eigenvalue weighted by atomic mass is 10.2. The maximum Gasteiger partial charge on any atom is 0.406 e. The molecule has 2 amide bonds. The number of carbonyl (C=O) groups excluding carboxylic acids is 1. The standard InChI is InChI=1S/C13H21F3N2O3/c1-2-7-17(9-13(14,15)16)12(21)18(8-11(19)20)10-5-3-4-6-10/h10H,2-9H2,1H3,(H,19,20). The van der Waals surface area contributed by atoms with Crippen molar-refractivity contribution in [1.29, 1.82) is 0 Å². The third-order valence-corrected chi connectivity index (χ3v) is 3.45. The number of carboxylic acid groups (broad SMARTS) is 1. The lowest BCUT2D eigenvalue weighted by molar-refractivity contribution is -0.142. The lowest BCUT2D eigenvalue weighted by Crippen LogP contribution is -2.51. The highest BCUT2D eigenvalue weighted by Crippen LogP contribution is 2.25. The molecule has 1 rings (SSSR count). The molecular weight excluding hydrogens is 289 g/mol. The quantitative estimate of drug-likeness (QED) is 0.820. The Hall–Kier alpha value is -1.47. The molecule has 5 nitrogen and oxygen atoms in total. The molecule has 122 valence electrons. The Morgan fingerprint density at radius 2 is 1.81 bits per heavy atom. The van der Waals surface area contributed by atoms with Gasteiger partial charge in [0.15, 0.2) is 0 Å². The minimum Gasteiger partial charge on any atom is -0.480 e. The van der Waals surface area contributed by atoms with E-state index in [-0.39, 0.29) is 12.6 Å². The summed E-state index contributed by atoms with van der Waals surface area (Å²) in [4.78, 5) is 25.0. The number of alkyl halides is 3. The molecule has 1 saturated carbocycles. The molecule has 0 atom stereocenters. The SMILES string of the molecule is CCCN(CC(F)(F)F)C(=O)N(CC(=O)O)C1CCCC1. The molecule has 0 aromatic carbocycles. The minimum atomic E-state index is -4.49. The van der Waals surface area contributed by atoms with Crippen molar-refractivity contribution in [2.75, 3.05) is 19.6 Å². The molecule has 0 radical (unpaired) electrons. The fourth-order valence-electron chi connectivity index (χ4n) is 2.62. The first-order chi connectivity index (χ1) is 9.74. The number of rotatable bonds is 6. The van der Waals surface area contributed by atoms with E-state index in [1.54, 1.807) is 6.92 Å². The van der Waals surface area contributed by atoms with Gasteiger partial charge in [0.2, 0.25) is 0 Å². The molecule has 8 heteroatoms. The molecule has 0 aliphatic heterocycles. The zero-order valence-electron chi connectivity index (χ0n) is 12.0. The van der Waals surface area contributed by atoms with E-state index in [2.05, 4.69) is 0 Å². The van der Waals surface area contributed by atoms with Gasteiger partial charge in [-0.25, -0.2) is 4.79 Å². The second-order valence-electron chi connectivity index (χ2n) is 5.28. The van der Waals surface area contributed by atoms with Crippen molar-refractivity contribution in [2.45, 2.75) is 51.2 Å². The summed E-state index contributed by atoms with van der Waals surface area (Å²) < 4.78 is 37.7. The van der Waals surface area contributed by atoms with Gasteiger partial charge in [0.05, 0.1) is 0 Å². The lowest BCUT2D eigenvalue weighted by Gasteiger charge is -2.33. The van der Waals surface area contributed by atoms with Gasteiger partial charge in [0.25, 0.3) is 0 Å². The van der Waals surface area contributed by atoms with E-state index in [4.69, 9.17) is 5.11 Å². The number of halogens is 3. The molecule has 21 heavy (non-hydrogen) atoms. The fourth-order valence-corrected chi connectivity index (χ4v) is 2.62. The van der Waals surface area contributed by atoms with Crippen LogP contribution in [0.4, 0.5) is 18.0 Å². The Bertz CT molecular complexity index is 368. The van der Waals surface area contributed by atoms with Crippen LogP contribution in [0.5, 0.6) is 0 Å². The molecule has 1 N–H and O–H groups in total. The van der Waals surface area contributed by atoms with Gasteiger partial charge in [-0.3, -0.25) is 4.79 Å². The van der Waals surface area contributed by atoms with E-state index in [1.165, 1.54) is 0 Å². The Balaban J connectivity index is 2.85. The molecule has 0 spiro atoms. The van der Waals surface area contributed by atoms with Crippen molar-refractivity contribution < 1.29 is 27.9 Å². The number of hydrogen-bond donors (Lipinski definition) is 1. The third kappa shape index (κ3) is 5.81. The molecular formula is C13H21F3N2O3. The summed E-state index contributed by atoms with van der Waals surface area (Å²) in [6, 6.07) is -1.11. The van der Waals surface area contributed by atoms with Gasteiger partial charge in [-0.2, -0.15) is 13.2 Å². The first-order valence-electron chi connectivity index (χ1n) is 7.08. The first-order valence-corrected chi connectivity index (χ1v) is 7.08. The van der Waals surface area contributed by atoms with Crippen LogP contribution >= 0.6 is 0 Å². The van der Waals surface area contributed by atoms with Gasteiger partial charge >= 0.3 is 18.2 Å². The molecule has 0 bridgehead atoms. The number of urea groups is 1. The molecule has 0 saturated heterocycles. The first kappa shape index (κ1) is 17.6. The minimum absolute atomic E-state index is 0.0405. The highest BCUT2D eigenvalue weighted by Gasteiger charge is 2.37. The van der Waals surface area contributed by atoms with Crippen LogP contribution < -0.4 is 0 Å². The zero-order valence-corrected chi connectivity index (χ0v) is 12.0. The van der Waals surface area contributed by atoms with E-state index >= 15 is 0 Å². The smallest absolute Gasteiger partial charge is 0.406 e. The van der Waals surface area contributed by atoms with Crippen LogP contribution in [0, 0.1) is 0 Å². The number of amides is 2. The topological polar surface area (TPSA) is 60.9 Å². The maximum atomic E-state index is 12.6. The predicted molar refractivity (Wildman–Crippen MR) is 69.9 cm³/mol. The van der Waals surface area contributed by atoms with Crippen molar-refractivity contribution in [3.8, 4) is 0 Å². The monoisotopic (exact) mass is 310 g/mol. The maximum absolute atomic E-state index is 12.6. The van der Waals surface area contributed by atoms with E-state index < -0.39 is 31.3 Å². The van der Waals surface area contributed by atoms with Crippen molar-refractivity contribution in [3.05, 3.63) is 0 Å². The second-order valence-corrected chi connectivity index (χ2v) is 5.28. The van der Waals surface area contributed by atoms with Gasteiger partial charge < -0.3 is 14.9 Å². The number of hydrogen-bond acceptors (Lipinski definition) is 2. The summed E-state index contributed by atoms with van der Waals surface area (Å²) in [6.45, 7) is -0.265. The molecule has 1 aliphatic rings. The van der Waals surface area contributed by atoms with Gasteiger partial charge in [0.1, 0.15) is 13.1 Å². The second kappa shape index (κ2) is 7.51. The van der Waals surface area contributed by atoms with Crippen LogP contribution in [0.1, 0.15) is 39.0 Å². The Kier molecular flexibility index (Phi) is 6.29. The summed E-state index contributed by atoms with van der Waals surface area (Å²) in [7, 11) is 0. The number of carbonyl (C=O) groups is 2. The average molecular weight is 310 g/mol. The Labute approximate surface area is 121 Å². The third-order valence-electron chi connectivity index (χ3n) is 3.45. The van der Waals surface area contributed by atoms with Crippen molar-refractivity contribution in [3.63, 3.8) is 0 Å². The van der Waals surface area contributed by atoms with Crippen LogP contribution in [-0.4, -0.2) is 58.8 Å². The highest BCUT2D eigenvalue weighted by atomic mass is 19.4. The molecule has 1 aliphatic carbocycles. The summed E-state index contributed by atoms with van der Waals surface area (Å²) in [5.41, 5.74) is 0. The van der Waals surface area contributed by atoms with Crippen LogP contribution in [0.2, 0.25) is 0 Å². The van der Waals surface area contributed by atoms with Gasteiger partial charge in [-0.05, 0) is 19.3 Å². The van der Waals surface area contributed by atoms with Gasteiger partial charge in [0, 0.05) is 12.6 Å². The largest absolute Gasteiger partial charge is 0.480 e. The number of nitrogens with zero attached hydrogens (tertiary/aromatic N) is 2. The number of carboxylic acids is 1. The highest BCUT2D eigenvalue weighted by molar-refractivity contribution is 5.80. The van der Waals surface area contributed by atoms with Crippen LogP contribution in [0.25, 0.3) is 0 Å². The molecule has 0 aromatic rings. The van der Waals surface area contributed by atoms with E-state index in [9.17, 15) is 22.8 Å². The van der Waals surface area contributed by atoms with Crippen LogP contribution in [-0.2, 0) is 4.79 Å². The van der Waals surface area contributed by atoms with Crippen molar-refractivity contribution in [2.24, 2.45) is 0 Å². The summed E-state index contributed by atoms with van der Waals surface area (Å²) in [5, 5.41) is 8.90. The summed E-state index contributed by atoms with van der Waals surface area (Å²) >= 11 is 0. The Morgan fingerprint density at radius 3 is 2.24 bits per heavy atom. The van der Waals surface area contributed by atoms with Gasteiger partial charge in [-0.15, -0.1) is 0 Å². The molecule has 0 heterocycles. The molecule has 0 unspecified atom stereocenters.